The molecule has 1 unspecified atom stereocenters. The molecule has 1 aliphatic heterocycles. The van der Waals surface area contributed by atoms with Gasteiger partial charge in [0.25, 0.3) is 11.8 Å². The van der Waals surface area contributed by atoms with Crippen molar-refractivity contribution in [1.82, 2.24) is 5.32 Å². The largest absolute Gasteiger partial charge is 0.365 e. The molecule has 0 aromatic heterocycles. The molecule has 1 heterocycles. The predicted octanol–water partition coefficient (Wildman–Crippen LogP) is 3.03. The number of benzene rings is 2. The third kappa shape index (κ3) is 4.55. The van der Waals surface area contributed by atoms with Gasteiger partial charge in [0.15, 0.2) is 0 Å². The fourth-order valence-electron chi connectivity index (χ4n) is 3.10. The Morgan fingerprint density at radius 3 is 2.56 bits per heavy atom. The van der Waals surface area contributed by atoms with Crippen molar-refractivity contribution in [2.45, 2.75) is 33.3 Å². The van der Waals surface area contributed by atoms with E-state index in [1.54, 1.807) is 4.90 Å². The molecule has 0 bridgehead atoms. The maximum Gasteiger partial charge on any atom is 0.253 e. The van der Waals surface area contributed by atoms with Crippen molar-refractivity contribution >= 4 is 17.5 Å². The van der Waals surface area contributed by atoms with Gasteiger partial charge in [-0.3, -0.25) is 9.59 Å². The number of aryl methyl sites for hydroxylation is 3. The number of nitrogens with zero attached hydrogens (tertiary/aromatic N) is 1. The van der Waals surface area contributed by atoms with Crippen molar-refractivity contribution in [2.75, 3.05) is 24.6 Å². The first-order chi connectivity index (χ1) is 13.0. The first-order valence-electron chi connectivity index (χ1n) is 9.34. The van der Waals surface area contributed by atoms with Gasteiger partial charge in [0.05, 0.1) is 12.6 Å². The summed E-state index contributed by atoms with van der Waals surface area (Å²) in [5, 5.41) is 2.92. The molecule has 0 spiro atoms. The summed E-state index contributed by atoms with van der Waals surface area (Å²) in [7, 11) is 0. The summed E-state index contributed by atoms with van der Waals surface area (Å²) in [6, 6.07) is 13.7. The molecule has 5 heteroatoms. The molecule has 0 aliphatic carbocycles. The molecule has 2 aromatic carbocycles. The summed E-state index contributed by atoms with van der Waals surface area (Å²) in [6.07, 6.45) is 0.730. The molecule has 27 heavy (non-hydrogen) atoms. The highest BCUT2D eigenvalue weighted by Gasteiger charge is 2.27. The quantitative estimate of drug-likeness (QED) is 0.885. The number of anilines is 1. The Bertz CT molecular complexity index is 830. The maximum atomic E-state index is 12.4. The summed E-state index contributed by atoms with van der Waals surface area (Å²) >= 11 is 0. The fraction of sp³-hybridized carbons (Fsp3) is 0.364. The summed E-state index contributed by atoms with van der Waals surface area (Å²) in [6.45, 7) is 6.93. The zero-order valence-corrected chi connectivity index (χ0v) is 16.1. The van der Waals surface area contributed by atoms with Crippen molar-refractivity contribution in [3.05, 3.63) is 64.7 Å². The van der Waals surface area contributed by atoms with E-state index in [1.165, 1.54) is 5.56 Å². The molecule has 142 valence electrons. The van der Waals surface area contributed by atoms with Crippen molar-refractivity contribution in [2.24, 2.45) is 0 Å². The van der Waals surface area contributed by atoms with Gasteiger partial charge in [-0.05, 0) is 61.2 Å². The second-order valence-electron chi connectivity index (χ2n) is 6.97. The summed E-state index contributed by atoms with van der Waals surface area (Å²) < 4.78 is 5.61. The van der Waals surface area contributed by atoms with Crippen LogP contribution in [0, 0.1) is 13.8 Å². The van der Waals surface area contributed by atoms with Crippen molar-refractivity contribution < 1.29 is 14.3 Å². The number of nitrogens with one attached hydrogen (secondary N) is 1. The van der Waals surface area contributed by atoms with Crippen molar-refractivity contribution in [3.63, 3.8) is 0 Å². The maximum absolute atomic E-state index is 12.4. The summed E-state index contributed by atoms with van der Waals surface area (Å²) in [4.78, 5) is 26.4. The molecule has 1 aliphatic rings. The van der Waals surface area contributed by atoms with Crippen molar-refractivity contribution in [3.8, 4) is 0 Å². The van der Waals surface area contributed by atoms with Crippen LogP contribution < -0.4 is 10.2 Å². The average molecular weight is 366 g/mol. The molecule has 0 saturated carbocycles. The van der Waals surface area contributed by atoms with Gasteiger partial charge in [-0.2, -0.15) is 0 Å². The summed E-state index contributed by atoms with van der Waals surface area (Å²) in [5.41, 5.74) is 4.98. The van der Waals surface area contributed by atoms with Crippen LogP contribution in [0.1, 0.15) is 34.0 Å². The highest BCUT2D eigenvalue weighted by molar-refractivity contribution is 5.95. The van der Waals surface area contributed by atoms with Crippen LogP contribution >= 0.6 is 0 Å². The van der Waals surface area contributed by atoms with Crippen molar-refractivity contribution in [1.29, 1.82) is 0 Å². The lowest BCUT2D eigenvalue weighted by Crippen LogP contribution is -2.50. The average Bonchev–Trinajstić information content (AvgIpc) is 2.69. The second-order valence-corrected chi connectivity index (χ2v) is 6.97. The number of amides is 2. The Balaban J connectivity index is 1.61. The Hall–Kier alpha value is -2.66. The standard InChI is InChI=1S/C22H26N2O3/c1-4-17-6-9-19(10-7-17)24-13-20(27-14-21(24)25)12-23-22(26)18-8-5-15(2)16(3)11-18/h5-11,20H,4,12-14H2,1-3H3,(H,23,26). The molecule has 2 amide bonds. The van der Waals surface area contributed by atoms with E-state index in [4.69, 9.17) is 4.74 Å². The monoisotopic (exact) mass is 366 g/mol. The Labute approximate surface area is 160 Å². The first-order valence-corrected chi connectivity index (χ1v) is 9.34. The van der Waals surface area contributed by atoms with Crippen LogP contribution in [-0.4, -0.2) is 37.6 Å². The minimum atomic E-state index is -0.232. The molecule has 3 rings (SSSR count). The zero-order chi connectivity index (χ0) is 19.4. The van der Waals surface area contributed by atoms with E-state index >= 15 is 0 Å². The van der Waals surface area contributed by atoms with Gasteiger partial charge in [0.1, 0.15) is 6.61 Å². The van der Waals surface area contributed by atoms with E-state index in [-0.39, 0.29) is 24.5 Å². The van der Waals surface area contributed by atoms with Gasteiger partial charge in [-0.25, -0.2) is 0 Å². The van der Waals surface area contributed by atoms with Crippen LogP contribution in [0.15, 0.2) is 42.5 Å². The molecule has 1 N–H and O–H groups in total. The predicted molar refractivity (Wildman–Crippen MR) is 106 cm³/mol. The lowest BCUT2D eigenvalue weighted by molar-refractivity contribution is -0.129. The second kappa shape index (κ2) is 8.35. The fourth-order valence-corrected chi connectivity index (χ4v) is 3.10. The minimum absolute atomic E-state index is 0.0275. The van der Waals surface area contributed by atoms with Crippen LogP contribution in [0.4, 0.5) is 5.69 Å². The highest BCUT2D eigenvalue weighted by Crippen LogP contribution is 2.19. The van der Waals surface area contributed by atoms with E-state index in [1.807, 2.05) is 56.3 Å². The van der Waals surface area contributed by atoms with Gasteiger partial charge < -0.3 is 15.0 Å². The van der Waals surface area contributed by atoms with E-state index in [0.717, 1.165) is 23.2 Å². The van der Waals surface area contributed by atoms with Crippen LogP contribution in [0.25, 0.3) is 0 Å². The van der Waals surface area contributed by atoms with Crippen LogP contribution in [0.2, 0.25) is 0 Å². The molecule has 0 radical (unpaired) electrons. The van der Waals surface area contributed by atoms with Gasteiger partial charge in [0.2, 0.25) is 0 Å². The topological polar surface area (TPSA) is 58.6 Å². The van der Waals surface area contributed by atoms with E-state index in [9.17, 15) is 9.59 Å². The highest BCUT2D eigenvalue weighted by atomic mass is 16.5. The van der Waals surface area contributed by atoms with E-state index in [0.29, 0.717) is 18.7 Å². The number of morpholine rings is 1. The minimum Gasteiger partial charge on any atom is -0.365 e. The molecule has 5 nitrogen and oxygen atoms in total. The first kappa shape index (κ1) is 19.1. The number of carbonyl (C=O) groups excluding carboxylic acids is 2. The smallest absolute Gasteiger partial charge is 0.253 e. The molecule has 1 fully saturated rings. The van der Waals surface area contributed by atoms with Gasteiger partial charge >= 0.3 is 0 Å². The molecule has 2 aromatic rings. The van der Waals surface area contributed by atoms with Gasteiger partial charge in [-0.1, -0.05) is 25.1 Å². The van der Waals surface area contributed by atoms with Crippen LogP contribution in [-0.2, 0) is 16.0 Å². The Kier molecular flexibility index (Phi) is 5.91. The molecule has 1 atom stereocenters. The van der Waals surface area contributed by atoms with Gasteiger partial charge in [0, 0.05) is 17.8 Å². The number of carbonyl (C=O) groups is 2. The molecular weight excluding hydrogens is 340 g/mol. The third-order valence-corrected chi connectivity index (χ3v) is 5.05. The number of ether oxygens (including phenoxy) is 1. The van der Waals surface area contributed by atoms with Crippen LogP contribution in [0.5, 0.6) is 0 Å². The summed E-state index contributed by atoms with van der Waals surface area (Å²) in [5.74, 6) is -0.187. The van der Waals surface area contributed by atoms with E-state index < -0.39 is 0 Å². The normalized spacial score (nSPS) is 17.1. The Morgan fingerprint density at radius 1 is 1.15 bits per heavy atom. The molecular formula is C22H26N2O3. The van der Waals surface area contributed by atoms with Crippen LogP contribution in [0.3, 0.4) is 0 Å². The third-order valence-electron chi connectivity index (χ3n) is 5.05. The number of rotatable bonds is 5. The lowest BCUT2D eigenvalue weighted by Gasteiger charge is -2.33. The zero-order valence-electron chi connectivity index (χ0n) is 16.1. The van der Waals surface area contributed by atoms with E-state index in [2.05, 4.69) is 12.2 Å². The Morgan fingerprint density at radius 2 is 1.89 bits per heavy atom. The SMILES string of the molecule is CCc1ccc(N2CC(CNC(=O)c3ccc(C)c(C)c3)OCC2=O)cc1. The lowest BCUT2D eigenvalue weighted by atomic mass is 10.1. The number of hydrogen-bond acceptors (Lipinski definition) is 3. The molecule has 1 saturated heterocycles. The number of hydrogen-bond donors (Lipinski definition) is 1. The van der Waals surface area contributed by atoms with Gasteiger partial charge in [-0.15, -0.1) is 0 Å².